The van der Waals surface area contributed by atoms with Crippen molar-refractivity contribution in [2.75, 3.05) is 12.4 Å². The number of carbonyl (C=O) groups excluding carboxylic acids is 2. The fraction of sp³-hybridized carbons (Fsp3) is 0.261. The molecule has 0 spiro atoms. The maximum absolute atomic E-state index is 13.3. The Bertz CT molecular complexity index is 1010. The Morgan fingerprint density at radius 1 is 1.17 bits per heavy atom. The van der Waals surface area contributed by atoms with Crippen LogP contribution in [0.25, 0.3) is 0 Å². The van der Waals surface area contributed by atoms with E-state index in [1.807, 2.05) is 37.3 Å². The number of anilines is 1. The molecule has 0 radical (unpaired) electrons. The van der Waals surface area contributed by atoms with Gasteiger partial charge in [-0.1, -0.05) is 18.2 Å². The van der Waals surface area contributed by atoms with Crippen LogP contribution in [-0.2, 0) is 9.59 Å². The van der Waals surface area contributed by atoms with E-state index in [1.165, 1.54) is 0 Å². The van der Waals surface area contributed by atoms with Crippen molar-refractivity contribution in [3.05, 3.63) is 76.8 Å². The predicted octanol–water partition coefficient (Wildman–Crippen LogP) is 3.70. The third-order valence-electron chi connectivity index (χ3n) is 5.38. The summed E-state index contributed by atoms with van der Waals surface area (Å²) in [5.74, 6) is 0.608. The molecule has 0 fully saturated rings. The molecule has 1 atom stereocenters. The largest absolute Gasteiger partial charge is 0.497 e. The van der Waals surface area contributed by atoms with Crippen molar-refractivity contribution in [2.24, 2.45) is 0 Å². The molecule has 0 bridgehead atoms. The standard InChI is InChI=1S/C23H23N3O3/c1-14-20(23(28)26-19-8-3-4-13-24-19)21(15-9-11-16(29-2)12-10-15)22-17(25-14)6-5-7-18(22)27/h3-4,8-13,21,25H,5-7H2,1-2H3,(H,24,26,28). The summed E-state index contributed by atoms with van der Waals surface area (Å²) in [5.41, 5.74) is 3.80. The maximum atomic E-state index is 13.3. The molecule has 1 amide bonds. The Balaban J connectivity index is 1.78. The molecule has 4 rings (SSSR count). The molecule has 1 aliphatic heterocycles. The second-order valence-corrected chi connectivity index (χ2v) is 7.21. The summed E-state index contributed by atoms with van der Waals surface area (Å²) in [6.45, 7) is 1.88. The summed E-state index contributed by atoms with van der Waals surface area (Å²) in [6, 6.07) is 12.9. The number of dihydropyridines is 1. The van der Waals surface area contributed by atoms with Gasteiger partial charge in [0.2, 0.25) is 0 Å². The molecule has 6 nitrogen and oxygen atoms in total. The molecular formula is C23H23N3O3. The van der Waals surface area contributed by atoms with E-state index in [2.05, 4.69) is 15.6 Å². The van der Waals surface area contributed by atoms with E-state index in [-0.39, 0.29) is 11.7 Å². The second kappa shape index (κ2) is 7.91. The molecule has 1 aromatic heterocycles. The number of benzene rings is 1. The number of nitrogens with one attached hydrogen (secondary N) is 2. The van der Waals surface area contributed by atoms with Crippen molar-refractivity contribution in [3.63, 3.8) is 0 Å². The summed E-state index contributed by atoms with van der Waals surface area (Å²) in [5, 5.41) is 6.19. The smallest absolute Gasteiger partial charge is 0.255 e. The zero-order valence-corrected chi connectivity index (χ0v) is 16.5. The second-order valence-electron chi connectivity index (χ2n) is 7.21. The van der Waals surface area contributed by atoms with E-state index in [9.17, 15) is 9.59 Å². The molecule has 0 saturated heterocycles. The van der Waals surface area contributed by atoms with Gasteiger partial charge < -0.3 is 15.4 Å². The first kappa shape index (κ1) is 18.9. The van der Waals surface area contributed by atoms with Crippen molar-refractivity contribution < 1.29 is 14.3 Å². The Hall–Kier alpha value is -3.41. The van der Waals surface area contributed by atoms with E-state index >= 15 is 0 Å². The molecule has 2 heterocycles. The van der Waals surface area contributed by atoms with Gasteiger partial charge in [-0.05, 0) is 49.6 Å². The molecule has 6 heteroatoms. The Morgan fingerprint density at radius 3 is 2.66 bits per heavy atom. The average Bonchev–Trinajstić information content (AvgIpc) is 2.73. The predicted molar refractivity (Wildman–Crippen MR) is 110 cm³/mol. The third kappa shape index (κ3) is 3.66. The van der Waals surface area contributed by atoms with E-state index in [4.69, 9.17) is 4.74 Å². The van der Waals surface area contributed by atoms with Gasteiger partial charge >= 0.3 is 0 Å². The summed E-state index contributed by atoms with van der Waals surface area (Å²) in [7, 11) is 1.61. The average molecular weight is 389 g/mol. The molecular weight excluding hydrogens is 366 g/mol. The number of nitrogens with zero attached hydrogens (tertiary/aromatic N) is 1. The van der Waals surface area contributed by atoms with Crippen LogP contribution in [0, 0.1) is 0 Å². The van der Waals surface area contributed by atoms with Crippen LogP contribution in [0.1, 0.15) is 37.7 Å². The number of aromatic nitrogens is 1. The normalized spacial score (nSPS) is 18.8. The number of rotatable bonds is 4. The van der Waals surface area contributed by atoms with Crippen LogP contribution in [0.3, 0.4) is 0 Å². The van der Waals surface area contributed by atoms with Gasteiger partial charge in [-0.2, -0.15) is 0 Å². The zero-order valence-electron chi connectivity index (χ0n) is 16.5. The molecule has 2 aliphatic rings. The lowest BCUT2D eigenvalue weighted by Crippen LogP contribution is -2.35. The number of allylic oxidation sites excluding steroid dienone is 3. The molecule has 2 N–H and O–H groups in total. The molecule has 1 unspecified atom stereocenters. The highest BCUT2D eigenvalue weighted by Crippen LogP contribution is 2.42. The first-order chi connectivity index (χ1) is 14.1. The fourth-order valence-electron chi connectivity index (χ4n) is 4.03. The van der Waals surface area contributed by atoms with Crippen LogP contribution in [0.5, 0.6) is 5.75 Å². The Kier molecular flexibility index (Phi) is 5.16. The van der Waals surface area contributed by atoms with E-state index in [0.29, 0.717) is 23.4 Å². The number of hydrogen-bond acceptors (Lipinski definition) is 5. The van der Waals surface area contributed by atoms with E-state index in [0.717, 1.165) is 35.5 Å². The Labute approximate surface area is 169 Å². The number of amides is 1. The lowest BCUT2D eigenvalue weighted by molar-refractivity contribution is -0.116. The minimum Gasteiger partial charge on any atom is -0.497 e. The third-order valence-corrected chi connectivity index (χ3v) is 5.38. The molecule has 1 aliphatic carbocycles. The van der Waals surface area contributed by atoms with Crippen molar-refractivity contribution in [1.29, 1.82) is 0 Å². The Morgan fingerprint density at radius 2 is 1.97 bits per heavy atom. The molecule has 1 aromatic carbocycles. The first-order valence-corrected chi connectivity index (χ1v) is 9.69. The van der Waals surface area contributed by atoms with Gasteiger partial charge in [-0.3, -0.25) is 9.59 Å². The summed E-state index contributed by atoms with van der Waals surface area (Å²) < 4.78 is 5.27. The highest BCUT2D eigenvalue weighted by molar-refractivity contribution is 6.09. The number of Topliss-reactive ketones (excluding diaryl/α,β-unsaturated/α-hetero) is 1. The fourth-order valence-corrected chi connectivity index (χ4v) is 4.03. The van der Waals surface area contributed by atoms with Gasteiger partial charge in [-0.25, -0.2) is 4.98 Å². The van der Waals surface area contributed by atoms with Gasteiger partial charge in [0.05, 0.1) is 7.11 Å². The van der Waals surface area contributed by atoms with E-state index in [1.54, 1.807) is 25.4 Å². The quantitative estimate of drug-likeness (QED) is 0.834. The van der Waals surface area contributed by atoms with Crippen LogP contribution in [0.2, 0.25) is 0 Å². The first-order valence-electron chi connectivity index (χ1n) is 9.69. The lowest BCUT2D eigenvalue weighted by atomic mass is 9.75. The molecule has 2 aromatic rings. The zero-order chi connectivity index (χ0) is 20.4. The molecule has 29 heavy (non-hydrogen) atoms. The number of methoxy groups -OCH3 is 1. The minimum atomic E-state index is -0.423. The number of pyridine rings is 1. The molecule has 148 valence electrons. The summed E-state index contributed by atoms with van der Waals surface area (Å²) in [6.07, 6.45) is 3.76. The van der Waals surface area contributed by atoms with Gasteiger partial charge in [0.15, 0.2) is 5.78 Å². The van der Waals surface area contributed by atoms with Gasteiger partial charge in [0.1, 0.15) is 11.6 Å². The number of ether oxygens (including phenoxy) is 1. The van der Waals surface area contributed by atoms with Crippen LogP contribution < -0.4 is 15.4 Å². The number of hydrogen-bond donors (Lipinski definition) is 2. The van der Waals surface area contributed by atoms with Crippen LogP contribution in [-0.4, -0.2) is 23.8 Å². The van der Waals surface area contributed by atoms with E-state index < -0.39 is 5.92 Å². The van der Waals surface area contributed by atoms with Crippen LogP contribution >= 0.6 is 0 Å². The number of ketones is 1. The van der Waals surface area contributed by atoms with Gasteiger partial charge in [-0.15, -0.1) is 0 Å². The topological polar surface area (TPSA) is 80.3 Å². The molecule has 0 saturated carbocycles. The van der Waals surface area contributed by atoms with Gasteiger partial charge in [0.25, 0.3) is 5.91 Å². The maximum Gasteiger partial charge on any atom is 0.255 e. The van der Waals surface area contributed by atoms with Crippen molar-refractivity contribution in [1.82, 2.24) is 10.3 Å². The summed E-state index contributed by atoms with van der Waals surface area (Å²) >= 11 is 0. The SMILES string of the molecule is COc1ccc(C2C(C(=O)Nc3ccccn3)=C(C)NC3=C2C(=O)CCC3)cc1. The van der Waals surface area contributed by atoms with Gasteiger partial charge in [0, 0.05) is 41.1 Å². The van der Waals surface area contributed by atoms with Crippen LogP contribution in [0.15, 0.2) is 71.2 Å². The highest BCUT2D eigenvalue weighted by atomic mass is 16.5. The van der Waals surface area contributed by atoms with Crippen LogP contribution in [0.4, 0.5) is 5.82 Å². The monoisotopic (exact) mass is 389 g/mol. The van der Waals surface area contributed by atoms with Crippen molar-refractivity contribution in [2.45, 2.75) is 32.1 Å². The summed E-state index contributed by atoms with van der Waals surface area (Å²) in [4.78, 5) is 30.3. The van der Waals surface area contributed by atoms with Crippen molar-refractivity contribution in [3.8, 4) is 5.75 Å². The minimum absolute atomic E-state index is 0.0928. The number of carbonyl (C=O) groups is 2. The lowest BCUT2D eigenvalue weighted by Gasteiger charge is -2.34. The van der Waals surface area contributed by atoms with Crippen molar-refractivity contribution >= 4 is 17.5 Å². The highest BCUT2D eigenvalue weighted by Gasteiger charge is 2.38.